The Morgan fingerprint density at radius 2 is 2.05 bits per heavy atom. The van der Waals surface area contributed by atoms with Crippen molar-refractivity contribution in [2.45, 2.75) is 26.9 Å². The van der Waals surface area contributed by atoms with E-state index in [0.29, 0.717) is 41.4 Å². The highest BCUT2D eigenvalue weighted by molar-refractivity contribution is 9.10. The molecule has 0 aliphatic carbocycles. The summed E-state index contributed by atoms with van der Waals surface area (Å²) in [5.41, 5.74) is 0.735. The fraction of sp³-hybridized carbons (Fsp3) is 0.357. The van der Waals surface area contributed by atoms with Crippen molar-refractivity contribution in [3.05, 3.63) is 39.9 Å². The predicted molar refractivity (Wildman–Crippen MR) is 80.7 cm³/mol. The highest BCUT2D eigenvalue weighted by Crippen LogP contribution is 2.23. The zero-order valence-electron chi connectivity index (χ0n) is 11.8. The van der Waals surface area contributed by atoms with Gasteiger partial charge in [0.05, 0.1) is 11.3 Å². The molecule has 7 heteroatoms. The van der Waals surface area contributed by atoms with Gasteiger partial charge in [0.2, 0.25) is 0 Å². The maximum Gasteiger partial charge on any atom is 0.337 e. The smallest absolute Gasteiger partial charge is 0.337 e. The first-order valence-electron chi connectivity index (χ1n) is 6.62. The number of aryl methyl sites for hydroxylation is 1. The van der Waals surface area contributed by atoms with E-state index < -0.39 is 5.97 Å². The lowest BCUT2D eigenvalue weighted by atomic mass is 10.1. The molecule has 6 nitrogen and oxygen atoms in total. The number of hydrogen-bond acceptors (Lipinski definition) is 4. The van der Waals surface area contributed by atoms with Crippen LogP contribution in [0.4, 0.5) is 0 Å². The number of aromatic nitrogens is 3. The molecule has 0 amide bonds. The van der Waals surface area contributed by atoms with Gasteiger partial charge in [0, 0.05) is 17.5 Å². The van der Waals surface area contributed by atoms with Crippen molar-refractivity contribution in [3.8, 4) is 5.69 Å². The Bertz CT molecular complexity index is 655. The summed E-state index contributed by atoms with van der Waals surface area (Å²) in [4.78, 5) is 11.5. The standard InChI is InChI=1S/C14H16BrN3O3/c1-3-12-16-17-13(8-21-4-2)18(12)11-6-5-9(15)7-10(11)14(19)20/h5-7H,3-4,8H2,1-2H3,(H,19,20). The van der Waals surface area contributed by atoms with Crippen LogP contribution in [0.2, 0.25) is 0 Å². The summed E-state index contributed by atoms with van der Waals surface area (Å²) in [7, 11) is 0. The molecule has 2 aromatic rings. The van der Waals surface area contributed by atoms with Crippen LogP contribution < -0.4 is 0 Å². The molecule has 0 aliphatic heterocycles. The maximum absolute atomic E-state index is 11.5. The highest BCUT2D eigenvalue weighted by atomic mass is 79.9. The van der Waals surface area contributed by atoms with E-state index in [4.69, 9.17) is 4.74 Å². The van der Waals surface area contributed by atoms with Gasteiger partial charge in [0.1, 0.15) is 12.4 Å². The van der Waals surface area contributed by atoms with Crippen LogP contribution >= 0.6 is 15.9 Å². The van der Waals surface area contributed by atoms with Crippen LogP contribution in [-0.4, -0.2) is 32.4 Å². The molecule has 0 saturated heterocycles. The second kappa shape index (κ2) is 6.82. The zero-order chi connectivity index (χ0) is 15.4. The number of ether oxygens (including phenoxy) is 1. The van der Waals surface area contributed by atoms with Gasteiger partial charge < -0.3 is 9.84 Å². The molecular formula is C14H16BrN3O3. The summed E-state index contributed by atoms with van der Waals surface area (Å²) < 4.78 is 7.85. The van der Waals surface area contributed by atoms with E-state index in [1.54, 1.807) is 22.8 Å². The minimum absolute atomic E-state index is 0.191. The monoisotopic (exact) mass is 353 g/mol. The van der Waals surface area contributed by atoms with E-state index in [-0.39, 0.29) is 5.56 Å². The number of carbonyl (C=O) groups is 1. The predicted octanol–water partition coefficient (Wildman–Crippen LogP) is 2.83. The van der Waals surface area contributed by atoms with E-state index in [1.807, 2.05) is 13.8 Å². The number of carboxylic acids is 1. The Kier molecular flexibility index (Phi) is 5.08. The molecule has 0 fully saturated rings. The number of hydrogen-bond donors (Lipinski definition) is 1. The lowest BCUT2D eigenvalue weighted by molar-refractivity contribution is 0.0696. The third kappa shape index (κ3) is 3.30. The lowest BCUT2D eigenvalue weighted by Gasteiger charge is -2.13. The largest absolute Gasteiger partial charge is 0.478 e. The van der Waals surface area contributed by atoms with E-state index >= 15 is 0 Å². The van der Waals surface area contributed by atoms with Crippen LogP contribution in [0.15, 0.2) is 22.7 Å². The van der Waals surface area contributed by atoms with Gasteiger partial charge in [-0.15, -0.1) is 10.2 Å². The number of halogens is 1. The molecule has 1 aromatic heterocycles. The van der Waals surface area contributed by atoms with E-state index in [9.17, 15) is 9.90 Å². The molecular weight excluding hydrogens is 338 g/mol. The van der Waals surface area contributed by atoms with Crippen molar-refractivity contribution in [1.29, 1.82) is 0 Å². The Balaban J connectivity index is 2.59. The Hall–Kier alpha value is -1.73. The highest BCUT2D eigenvalue weighted by Gasteiger charge is 2.19. The minimum Gasteiger partial charge on any atom is -0.478 e. The molecule has 0 saturated carbocycles. The normalized spacial score (nSPS) is 10.8. The Labute approximate surface area is 130 Å². The minimum atomic E-state index is -0.996. The van der Waals surface area contributed by atoms with Gasteiger partial charge in [-0.3, -0.25) is 4.57 Å². The van der Waals surface area contributed by atoms with Crippen molar-refractivity contribution < 1.29 is 14.6 Å². The molecule has 1 heterocycles. The third-order valence-corrected chi connectivity index (χ3v) is 3.47. The lowest BCUT2D eigenvalue weighted by Crippen LogP contribution is -2.11. The number of rotatable bonds is 6. The molecule has 1 N–H and O–H groups in total. The van der Waals surface area contributed by atoms with Crippen molar-refractivity contribution in [1.82, 2.24) is 14.8 Å². The second-order valence-corrected chi connectivity index (χ2v) is 5.24. The van der Waals surface area contributed by atoms with Gasteiger partial charge in [0.15, 0.2) is 5.82 Å². The van der Waals surface area contributed by atoms with Crippen molar-refractivity contribution in [2.75, 3.05) is 6.61 Å². The van der Waals surface area contributed by atoms with Crippen LogP contribution in [0, 0.1) is 0 Å². The van der Waals surface area contributed by atoms with Crippen LogP contribution in [0.5, 0.6) is 0 Å². The van der Waals surface area contributed by atoms with Gasteiger partial charge in [-0.25, -0.2) is 4.79 Å². The van der Waals surface area contributed by atoms with Crippen LogP contribution in [-0.2, 0) is 17.8 Å². The first-order valence-corrected chi connectivity index (χ1v) is 7.41. The van der Waals surface area contributed by atoms with Gasteiger partial charge in [0.25, 0.3) is 0 Å². The van der Waals surface area contributed by atoms with E-state index in [2.05, 4.69) is 26.1 Å². The maximum atomic E-state index is 11.5. The average molecular weight is 354 g/mol. The Morgan fingerprint density at radius 1 is 1.33 bits per heavy atom. The van der Waals surface area contributed by atoms with Gasteiger partial charge >= 0.3 is 5.97 Å². The fourth-order valence-electron chi connectivity index (χ4n) is 2.02. The molecule has 1 aromatic carbocycles. The Morgan fingerprint density at radius 3 is 2.67 bits per heavy atom. The summed E-state index contributed by atoms with van der Waals surface area (Å²) >= 11 is 3.30. The topological polar surface area (TPSA) is 77.2 Å². The average Bonchev–Trinajstić information content (AvgIpc) is 2.87. The van der Waals surface area contributed by atoms with Crippen LogP contribution in [0.3, 0.4) is 0 Å². The summed E-state index contributed by atoms with van der Waals surface area (Å²) in [6, 6.07) is 5.11. The molecule has 0 unspecified atom stereocenters. The van der Waals surface area contributed by atoms with E-state index in [0.717, 1.165) is 0 Å². The zero-order valence-corrected chi connectivity index (χ0v) is 13.4. The fourth-order valence-corrected chi connectivity index (χ4v) is 2.38. The van der Waals surface area contributed by atoms with Crippen LogP contribution in [0.1, 0.15) is 35.9 Å². The first kappa shape index (κ1) is 15.7. The molecule has 0 atom stereocenters. The van der Waals surface area contributed by atoms with Gasteiger partial charge in [-0.05, 0) is 25.1 Å². The molecule has 21 heavy (non-hydrogen) atoms. The van der Waals surface area contributed by atoms with Gasteiger partial charge in [-0.2, -0.15) is 0 Å². The third-order valence-electron chi connectivity index (χ3n) is 2.98. The second-order valence-electron chi connectivity index (χ2n) is 4.33. The first-order chi connectivity index (χ1) is 10.1. The summed E-state index contributed by atoms with van der Waals surface area (Å²) in [6.45, 7) is 4.69. The number of benzene rings is 1. The molecule has 0 bridgehead atoms. The quantitative estimate of drug-likeness (QED) is 0.863. The SMILES string of the molecule is CCOCc1nnc(CC)n1-c1ccc(Br)cc1C(=O)O. The summed E-state index contributed by atoms with van der Waals surface area (Å²) in [5.74, 6) is 0.303. The van der Waals surface area contributed by atoms with Crippen molar-refractivity contribution >= 4 is 21.9 Å². The summed E-state index contributed by atoms with van der Waals surface area (Å²) in [6.07, 6.45) is 0.647. The number of nitrogens with zero attached hydrogens (tertiary/aromatic N) is 3. The molecule has 2 rings (SSSR count). The van der Waals surface area contributed by atoms with Crippen molar-refractivity contribution in [2.24, 2.45) is 0 Å². The number of carboxylic acid groups (broad SMARTS) is 1. The molecule has 0 spiro atoms. The molecule has 112 valence electrons. The van der Waals surface area contributed by atoms with Gasteiger partial charge in [-0.1, -0.05) is 22.9 Å². The van der Waals surface area contributed by atoms with Crippen molar-refractivity contribution in [3.63, 3.8) is 0 Å². The number of aromatic carboxylic acids is 1. The van der Waals surface area contributed by atoms with Crippen LogP contribution in [0.25, 0.3) is 5.69 Å². The van der Waals surface area contributed by atoms with E-state index in [1.165, 1.54) is 0 Å². The molecule has 0 radical (unpaired) electrons. The summed E-state index contributed by atoms with van der Waals surface area (Å²) in [5, 5.41) is 17.6. The molecule has 0 aliphatic rings.